The molecule has 5 rings (SSSR count). The topological polar surface area (TPSA) is 124 Å². The van der Waals surface area contributed by atoms with Crippen LogP contribution in [0.2, 0.25) is 0 Å². The van der Waals surface area contributed by atoms with Gasteiger partial charge in [0.2, 0.25) is 11.8 Å². The van der Waals surface area contributed by atoms with Gasteiger partial charge in [0.1, 0.15) is 11.8 Å². The van der Waals surface area contributed by atoms with Gasteiger partial charge in [-0.25, -0.2) is 0 Å². The zero-order valence-corrected chi connectivity index (χ0v) is 22.1. The zero-order chi connectivity index (χ0) is 27.7. The quantitative estimate of drug-likeness (QED) is 0.509. The van der Waals surface area contributed by atoms with Crippen LogP contribution < -0.4 is 21.3 Å². The van der Waals surface area contributed by atoms with Crippen LogP contribution >= 0.6 is 0 Å². The molecule has 39 heavy (non-hydrogen) atoms. The predicted molar refractivity (Wildman–Crippen MR) is 147 cm³/mol. The van der Waals surface area contributed by atoms with Crippen molar-refractivity contribution in [1.29, 1.82) is 0 Å². The lowest BCUT2D eigenvalue weighted by molar-refractivity contribution is -0.136. The first-order valence-electron chi connectivity index (χ1n) is 13.1. The summed E-state index contributed by atoms with van der Waals surface area (Å²) in [6.07, 6.45) is 3.67. The number of nitrogens with two attached hydrogens (primary N) is 1. The van der Waals surface area contributed by atoms with Crippen LogP contribution in [0.25, 0.3) is 0 Å². The van der Waals surface area contributed by atoms with Crippen molar-refractivity contribution in [1.82, 2.24) is 9.47 Å². The van der Waals surface area contributed by atoms with Gasteiger partial charge in [-0.05, 0) is 61.6 Å². The first kappa shape index (κ1) is 26.2. The maximum Gasteiger partial charge on any atom is 0.251 e. The predicted octanol–water partition coefficient (Wildman–Crippen LogP) is 3.20. The molecule has 0 radical (unpaired) electrons. The third-order valence-corrected chi connectivity index (χ3v) is 8.23. The average molecular weight is 529 g/mol. The number of hydrogen-bond donors (Lipinski definition) is 2. The number of carbonyl (C=O) groups excluding carboxylic acids is 3. The molecule has 2 atom stereocenters. The minimum atomic E-state index is -0.656. The number of pyridine rings is 1. The standard InChI is InChI=1S/C30H32N4O5/c1-19(34-14-6-5-9-26(34)35)29(38)33-15-12-30(13-16-33)18-23(21-7-3-4-8-24(21)30)28(37)32-25-11-10-20(39-2)17-22(25)27(31)36/h3-11,14,17,19,23H,12-13,15-16,18H2,1-2H3,(H2,31,36)(H,32,37). The summed E-state index contributed by atoms with van der Waals surface area (Å²) in [4.78, 5) is 53.0. The van der Waals surface area contributed by atoms with Crippen molar-refractivity contribution in [2.24, 2.45) is 5.73 Å². The molecule has 2 aromatic carbocycles. The van der Waals surface area contributed by atoms with E-state index >= 15 is 0 Å². The molecule has 2 heterocycles. The van der Waals surface area contributed by atoms with Gasteiger partial charge in [-0.3, -0.25) is 19.2 Å². The molecule has 0 saturated carbocycles. The number of nitrogens with one attached hydrogen (secondary N) is 1. The maximum absolute atomic E-state index is 13.6. The van der Waals surface area contributed by atoms with E-state index < -0.39 is 17.9 Å². The van der Waals surface area contributed by atoms with Crippen LogP contribution in [0.1, 0.15) is 59.6 Å². The molecule has 2 unspecified atom stereocenters. The molecule has 0 bridgehead atoms. The van der Waals surface area contributed by atoms with Gasteiger partial charge in [0.15, 0.2) is 0 Å². The SMILES string of the molecule is COc1ccc(NC(=O)C2CC3(CCN(C(=O)C(C)n4ccccc4=O)CC3)c3ccccc32)c(C(N)=O)c1. The number of rotatable bonds is 6. The monoisotopic (exact) mass is 528 g/mol. The largest absolute Gasteiger partial charge is 0.497 e. The zero-order valence-electron chi connectivity index (χ0n) is 22.1. The lowest BCUT2D eigenvalue weighted by Gasteiger charge is -2.41. The summed E-state index contributed by atoms with van der Waals surface area (Å²) < 4.78 is 6.65. The van der Waals surface area contributed by atoms with Crippen LogP contribution in [0.4, 0.5) is 5.69 Å². The Balaban J connectivity index is 1.34. The molecule has 202 valence electrons. The van der Waals surface area contributed by atoms with E-state index in [-0.39, 0.29) is 28.4 Å². The average Bonchev–Trinajstić information content (AvgIpc) is 3.27. The van der Waals surface area contributed by atoms with Crippen LogP contribution in [0, 0.1) is 0 Å². The highest BCUT2D eigenvalue weighted by atomic mass is 16.5. The fourth-order valence-corrected chi connectivity index (χ4v) is 6.08. The maximum atomic E-state index is 13.6. The second kappa shape index (κ2) is 10.4. The van der Waals surface area contributed by atoms with Gasteiger partial charge in [0.05, 0.1) is 24.3 Å². The fourth-order valence-electron chi connectivity index (χ4n) is 6.08. The number of aromatic nitrogens is 1. The summed E-state index contributed by atoms with van der Waals surface area (Å²) >= 11 is 0. The van der Waals surface area contributed by atoms with Crippen LogP contribution in [-0.4, -0.2) is 47.4 Å². The van der Waals surface area contributed by atoms with Crippen LogP contribution in [0.15, 0.2) is 71.7 Å². The number of primary amides is 1. The number of carbonyl (C=O) groups is 3. The molecule has 3 aromatic rings. The van der Waals surface area contributed by atoms with Crippen molar-refractivity contribution in [3.63, 3.8) is 0 Å². The molecule has 1 fully saturated rings. The van der Waals surface area contributed by atoms with Crippen molar-refractivity contribution >= 4 is 23.4 Å². The van der Waals surface area contributed by atoms with E-state index in [9.17, 15) is 19.2 Å². The number of likely N-dealkylation sites (tertiary alicyclic amines) is 1. The molecule has 9 heteroatoms. The number of ether oxygens (including phenoxy) is 1. The lowest BCUT2D eigenvalue weighted by atomic mass is 9.73. The van der Waals surface area contributed by atoms with E-state index in [1.165, 1.54) is 23.8 Å². The van der Waals surface area contributed by atoms with Gasteiger partial charge < -0.3 is 25.3 Å². The summed E-state index contributed by atoms with van der Waals surface area (Å²) in [7, 11) is 1.49. The molecule has 1 aliphatic heterocycles. The molecule has 3 amide bonds. The van der Waals surface area contributed by atoms with Crippen LogP contribution in [0.5, 0.6) is 5.75 Å². The number of fused-ring (bicyclic) bond motifs is 2. The van der Waals surface area contributed by atoms with Crippen LogP contribution in [0.3, 0.4) is 0 Å². The number of piperidine rings is 1. The van der Waals surface area contributed by atoms with Crippen molar-refractivity contribution < 1.29 is 19.1 Å². The second-order valence-electron chi connectivity index (χ2n) is 10.3. The number of hydrogen-bond acceptors (Lipinski definition) is 5. The van der Waals surface area contributed by atoms with E-state index in [2.05, 4.69) is 11.4 Å². The van der Waals surface area contributed by atoms with E-state index in [0.29, 0.717) is 43.8 Å². The van der Waals surface area contributed by atoms with Crippen molar-refractivity contribution in [2.75, 3.05) is 25.5 Å². The van der Waals surface area contributed by atoms with E-state index in [4.69, 9.17) is 10.5 Å². The Labute approximate surface area is 226 Å². The first-order valence-corrected chi connectivity index (χ1v) is 13.1. The lowest BCUT2D eigenvalue weighted by Crippen LogP contribution is -2.47. The third kappa shape index (κ3) is 4.80. The number of anilines is 1. The Morgan fingerprint density at radius 2 is 1.77 bits per heavy atom. The van der Waals surface area contributed by atoms with E-state index in [0.717, 1.165) is 11.1 Å². The molecular weight excluding hydrogens is 496 g/mol. The molecular formula is C30H32N4O5. The molecule has 9 nitrogen and oxygen atoms in total. The summed E-state index contributed by atoms with van der Waals surface area (Å²) in [5, 5.41) is 2.92. The first-order chi connectivity index (χ1) is 18.7. The number of benzene rings is 2. The number of nitrogens with zero attached hydrogens (tertiary/aromatic N) is 2. The van der Waals surface area contributed by atoms with E-state index in [1.807, 2.05) is 23.1 Å². The Bertz CT molecular complexity index is 1490. The van der Waals surface area contributed by atoms with Gasteiger partial charge in [-0.1, -0.05) is 30.3 Å². The van der Waals surface area contributed by atoms with Gasteiger partial charge in [-0.2, -0.15) is 0 Å². The summed E-state index contributed by atoms with van der Waals surface area (Å²) in [6.45, 7) is 2.83. The smallest absolute Gasteiger partial charge is 0.251 e. The molecule has 2 aliphatic rings. The number of methoxy groups -OCH3 is 1. The fraction of sp³-hybridized carbons (Fsp3) is 0.333. The van der Waals surface area contributed by atoms with Crippen LogP contribution in [-0.2, 0) is 15.0 Å². The summed E-state index contributed by atoms with van der Waals surface area (Å²) in [6, 6.07) is 17.0. The minimum Gasteiger partial charge on any atom is -0.497 e. The minimum absolute atomic E-state index is 0.0859. The summed E-state index contributed by atoms with van der Waals surface area (Å²) in [5.74, 6) is -0.885. The van der Waals surface area contributed by atoms with Gasteiger partial charge in [0, 0.05) is 30.8 Å². The molecule has 1 aromatic heterocycles. The Hall–Kier alpha value is -4.40. The van der Waals surface area contributed by atoms with Gasteiger partial charge in [0.25, 0.3) is 11.5 Å². The Kier molecular flexibility index (Phi) is 6.99. The molecule has 3 N–H and O–H groups in total. The highest BCUT2D eigenvalue weighted by Gasteiger charge is 2.48. The van der Waals surface area contributed by atoms with E-state index in [1.54, 1.807) is 37.4 Å². The number of amides is 3. The Morgan fingerprint density at radius 1 is 1.05 bits per heavy atom. The highest BCUT2D eigenvalue weighted by Crippen LogP contribution is 2.52. The third-order valence-electron chi connectivity index (χ3n) is 8.23. The van der Waals surface area contributed by atoms with Crippen molar-refractivity contribution in [3.8, 4) is 5.75 Å². The Morgan fingerprint density at radius 3 is 2.46 bits per heavy atom. The molecule has 1 saturated heterocycles. The second-order valence-corrected chi connectivity index (χ2v) is 10.3. The highest BCUT2D eigenvalue weighted by molar-refractivity contribution is 6.05. The molecule has 1 aliphatic carbocycles. The van der Waals surface area contributed by atoms with Gasteiger partial charge >= 0.3 is 0 Å². The van der Waals surface area contributed by atoms with Gasteiger partial charge in [-0.15, -0.1) is 0 Å². The molecule has 1 spiro atoms. The van der Waals surface area contributed by atoms with Crippen molar-refractivity contribution in [2.45, 2.75) is 43.6 Å². The van der Waals surface area contributed by atoms with Crippen molar-refractivity contribution in [3.05, 3.63) is 93.9 Å². The summed E-state index contributed by atoms with van der Waals surface area (Å²) in [5.41, 5.74) is 7.74. The normalized spacial score (nSPS) is 18.3.